The molecule has 0 unspecified atom stereocenters. The predicted octanol–water partition coefficient (Wildman–Crippen LogP) is 4.14. The average Bonchev–Trinajstić information content (AvgIpc) is 3.20. The van der Waals surface area contributed by atoms with Crippen LogP contribution in [0, 0.1) is 0 Å². The zero-order chi connectivity index (χ0) is 20.9. The van der Waals surface area contributed by atoms with Crippen molar-refractivity contribution < 1.29 is 4.74 Å². The molecule has 30 heavy (non-hydrogen) atoms. The van der Waals surface area contributed by atoms with Gasteiger partial charge in [0.15, 0.2) is 5.16 Å². The van der Waals surface area contributed by atoms with Crippen molar-refractivity contribution in [3.63, 3.8) is 0 Å². The normalized spacial score (nSPS) is 12.3. The highest BCUT2D eigenvalue weighted by Crippen LogP contribution is 2.24. The fraction of sp³-hybridized carbons (Fsp3) is 0.261. The minimum Gasteiger partial charge on any atom is -0.383 e. The third-order valence-corrected chi connectivity index (χ3v) is 5.90. The van der Waals surface area contributed by atoms with Gasteiger partial charge in [-0.1, -0.05) is 54.2 Å². The first kappa shape index (κ1) is 20.4. The van der Waals surface area contributed by atoms with Gasteiger partial charge in [0.25, 0.3) is 5.56 Å². The Morgan fingerprint density at radius 3 is 2.67 bits per heavy atom. The molecule has 0 fully saturated rings. The van der Waals surface area contributed by atoms with Gasteiger partial charge in [-0.25, -0.2) is 9.97 Å². The Balaban J connectivity index is 1.64. The van der Waals surface area contributed by atoms with Crippen LogP contribution in [0.25, 0.3) is 10.9 Å². The second kappa shape index (κ2) is 9.28. The molecule has 0 spiro atoms. The molecule has 0 saturated heterocycles. The van der Waals surface area contributed by atoms with Gasteiger partial charge in [-0.3, -0.25) is 9.36 Å². The molecule has 7 heteroatoms. The summed E-state index contributed by atoms with van der Waals surface area (Å²) in [5, 5.41) is 1.30. The average molecular weight is 421 g/mol. The third-order valence-electron chi connectivity index (χ3n) is 4.95. The molecule has 2 heterocycles. The van der Waals surface area contributed by atoms with E-state index in [1.165, 1.54) is 17.3 Å². The maximum absolute atomic E-state index is 13.2. The van der Waals surface area contributed by atoms with Gasteiger partial charge in [-0.15, -0.1) is 0 Å². The van der Waals surface area contributed by atoms with Crippen molar-refractivity contribution in [2.24, 2.45) is 0 Å². The number of ether oxygens (including phenoxy) is 1. The summed E-state index contributed by atoms with van der Waals surface area (Å²) in [6, 6.07) is 17.6. The Labute approximate surface area is 179 Å². The highest BCUT2D eigenvalue weighted by Gasteiger charge is 2.17. The Morgan fingerprint density at radius 1 is 1.10 bits per heavy atom. The number of rotatable bonds is 8. The number of hydrogen-bond donors (Lipinski definition) is 0. The number of aromatic nitrogens is 4. The molecule has 0 N–H and O–H groups in total. The van der Waals surface area contributed by atoms with Crippen LogP contribution in [-0.4, -0.2) is 32.8 Å². The lowest BCUT2D eigenvalue weighted by atomic mass is 10.2. The first-order valence-electron chi connectivity index (χ1n) is 9.84. The molecule has 0 bridgehead atoms. The van der Waals surface area contributed by atoms with Gasteiger partial charge in [0.05, 0.1) is 29.3 Å². The number of para-hydroxylation sites is 1. The fourth-order valence-electron chi connectivity index (χ4n) is 3.47. The molecular weight excluding hydrogens is 396 g/mol. The Morgan fingerprint density at radius 2 is 1.87 bits per heavy atom. The molecule has 1 atom stereocenters. The first-order chi connectivity index (χ1) is 14.7. The molecule has 0 saturated carbocycles. The van der Waals surface area contributed by atoms with E-state index in [1.807, 2.05) is 61.8 Å². The van der Waals surface area contributed by atoms with Crippen LogP contribution in [0.3, 0.4) is 0 Å². The molecule has 0 amide bonds. The van der Waals surface area contributed by atoms with E-state index in [0.717, 1.165) is 12.4 Å². The maximum atomic E-state index is 13.2. The fourth-order valence-corrected chi connectivity index (χ4v) is 4.53. The van der Waals surface area contributed by atoms with Crippen molar-refractivity contribution in [1.82, 2.24) is 19.1 Å². The van der Waals surface area contributed by atoms with Gasteiger partial charge in [-0.2, -0.15) is 0 Å². The lowest BCUT2D eigenvalue weighted by Crippen LogP contribution is -2.28. The van der Waals surface area contributed by atoms with Gasteiger partial charge in [0.2, 0.25) is 0 Å². The minimum atomic E-state index is -0.119. The van der Waals surface area contributed by atoms with Crippen molar-refractivity contribution in [3.8, 4) is 0 Å². The second-order valence-electron chi connectivity index (χ2n) is 7.14. The smallest absolute Gasteiger partial charge is 0.262 e. The number of fused-ring (bicyclic) bond motifs is 1. The Kier molecular flexibility index (Phi) is 6.30. The van der Waals surface area contributed by atoms with E-state index in [2.05, 4.69) is 21.7 Å². The predicted molar refractivity (Wildman–Crippen MR) is 120 cm³/mol. The molecule has 0 radical (unpaired) electrons. The molecule has 4 rings (SSSR count). The lowest BCUT2D eigenvalue weighted by molar-refractivity contribution is 0.156. The maximum Gasteiger partial charge on any atom is 0.262 e. The Hall–Kier alpha value is -2.90. The van der Waals surface area contributed by atoms with Crippen molar-refractivity contribution in [3.05, 3.63) is 88.7 Å². The quantitative estimate of drug-likeness (QED) is 0.317. The van der Waals surface area contributed by atoms with Crippen molar-refractivity contribution in [1.29, 1.82) is 0 Å². The topological polar surface area (TPSA) is 61.9 Å². The third kappa shape index (κ3) is 4.32. The Bertz CT molecular complexity index is 1190. The van der Waals surface area contributed by atoms with E-state index in [9.17, 15) is 4.79 Å². The molecular formula is C23H24N4O2S. The number of benzene rings is 2. The van der Waals surface area contributed by atoms with E-state index in [1.54, 1.807) is 11.7 Å². The zero-order valence-corrected chi connectivity index (χ0v) is 17.9. The summed E-state index contributed by atoms with van der Waals surface area (Å²) in [4.78, 5) is 22.5. The molecule has 2 aromatic heterocycles. The summed E-state index contributed by atoms with van der Waals surface area (Å²) in [6.45, 7) is 3.17. The summed E-state index contributed by atoms with van der Waals surface area (Å²) in [6.07, 6.45) is 3.80. The number of methoxy groups -OCH3 is 1. The summed E-state index contributed by atoms with van der Waals surface area (Å²) >= 11 is 1.53. The van der Waals surface area contributed by atoms with Gasteiger partial charge >= 0.3 is 0 Å². The van der Waals surface area contributed by atoms with E-state index >= 15 is 0 Å². The molecule has 6 nitrogen and oxygen atoms in total. The van der Waals surface area contributed by atoms with Gasteiger partial charge in [0, 0.05) is 26.0 Å². The van der Waals surface area contributed by atoms with Crippen molar-refractivity contribution in [2.75, 3.05) is 13.7 Å². The van der Waals surface area contributed by atoms with Crippen LogP contribution in [0.15, 0.2) is 76.9 Å². The van der Waals surface area contributed by atoms with Gasteiger partial charge in [0.1, 0.15) is 5.82 Å². The van der Waals surface area contributed by atoms with Crippen molar-refractivity contribution in [2.45, 2.75) is 30.4 Å². The van der Waals surface area contributed by atoms with Crippen LogP contribution >= 0.6 is 11.8 Å². The van der Waals surface area contributed by atoms with Crippen LogP contribution in [0.1, 0.15) is 24.4 Å². The largest absolute Gasteiger partial charge is 0.383 e. The molecule has 154 valence electrons. The lowest BCUT2D eigenvalue weighted by Gasteiger charge is -2.19. The molecule has 0 aliphatic heterocycles. The van der Waals surface area contributed by atoms with Crippen LogP contribution in [0.2, 0.25) is 0 Å². The van der Waals surface area contributed by atoms with E-state index in [4.69, 9.17) is 9.72 Å². The molecule has 2 aromatic carbocycles. The number of imidazole rings is 1. The van der Waals surface area contributed by atoms with E-state index < -0.39 is 0 Å². The summed E-state index contributed by atoms with van der Waals surface area (Å²) < 4.78 is 9.17. The molecule has 0 aliphatic rings. The van der Waals surface area contributed by atoms with E-state index in [0.29, 0.717) is 28.4 Å². The number of nitrogens with zero attached hydrogens (tertiary/aromatic N) is 4. The molecule has 0 aliphatic carbocycles. The summed E-state index contributed by atoms with van der Waals surface area (Å²) in [5.41, 5.74) is 1.88. The summed E-state index contributed by atoms with van der Waals surface area (Å²) in [7, 11) is 1.64. The van der Waals surface area contributed by atoms with Crippen LogP contribution in [-0.2, 0) is 17.0 Å². The van der Waals surface area contributed by atoms with Gasteiger partial charge < -0.3 is 9.30 Å². The van der Waals surface area contributed by atoms with Crippen LogP contribution in [0.4, 0.5) is 0 Å². The highest BCUT2D eigenvalue weighted by molar-refractivity contribution is 7.98. The van der Waals surface area contributed by atoms with Crippen LogP contribution in [0.5, 0.6) is 0 Å². The molecule has 4 aromatic rings. The summed E-state index contributed by atoms with van der Waals surface area (Å²) in [5.74, 6) is 1.56. The number of hydrogen-bond acceptors (Lipinski definition) is 5. The van der Waals surface area contributed by atoms with Crippen molar-refractivity contribution >= 4 is 22.7 Å². The van der Waals surface area contributed by atoms with Crippen LogP contribution < -0.4 is 5.56 Å². The standard InChI is InChI=1S/C23H24N4O2S/c1-17(15-29-2)27-22(28)19-10-6-7-11-20(19)25-23(27)30-16-21-24-12-13-26(21)14-18-8-4-3-5-9-18/h3-13,17H,14-16H2,1-2H3/t17-/m0/s1. The zero-order valence-electron chi connectivity index (χ0n) is 17.1. The SMILES string of the molecule is COC[C@H](C)n1c(SCc2nccn2Cc2ccccc2)nc2ccccc2c1=O. The first-order valence-corrected chi connectivity index (χ1v) is 10.8. The van der Waals surface area contributed by atoms with Gasteiger partial charge in [-0.05, 0) is 24.6 Å². The van der Waals surface area contributed by atoms with E-state index in [-0.39, 0.29) is 11.6 Å². The monoisotopic (exact) mass is 420 g/mol. The minimum absolute atomic E-state index is 0.0414. The number of thioether (sulfide) groups is 1. The second-order valence-corrected chi connectivity index (χ2v) is 8.08. The highest BCUT2D eigenvalue weighted by atomic mass is 32.2.